The Kier molecular flexibility index (Phi) is 5.84. The molecule has 3 aromatic carbocycles. The van der Waals surface area contributed by atoms with Crippen LogP contribution in [0.2, 0.25) is 0 Å². The zero-order chi connectivity index (χ0) is 21.6. The molecule has 0 spiro atoms. The standard InChI is InChI=1S/C24H18FN3O3/c25-19-9-5-10-20(15-19)28-13-12-22(27-28)24(30)31-21-11-4-8-18(14-21)23(29)26-16-17-6-2-1-3-7-17/h1-15H,16H2,(H,26,29). The van der Waals surface area contributed by atoms with E-state index in [1.54, 1.807) is 36.5 Å². The number of hydrogen-bond acceptors (Lipinski definition) is 4. The second kappa shape index (κ2) is 9.04. The molecule has 0 fully saturated rings. The number of benzene rings is 3. The average Bonchev–Trinajstić information content (AvgIpc) is 3.29. The summed E-state index contributed by atoms with van der Waals surface area (Å²) in [5.41, 5.74) is 1.89. The highest BCUT2D eigenvalue weighted by Gasteiger charge is 2.14. The van der Waals surface area contributed by atoms with E-state index in [0.717, 1.165) is 5.56 Å². The van der Waals surface area contributed by atoms with Crippen molar-refractivity contribution in [2.45, 2.75) is 6.54 Å². The number of esters is 1. The number of rotatable bonds is 6. The van der Waals surface area contributed by atoms with Crippen LogP contribution in [0.3, 0.4) is 0 Å². The molecule has 4 aromatic rings. The molecule has 7 heteroatoms. The molecular formula is C24H18FN3O3. The van der Waals surface area contributed by atoms with Gasteiger partial charge in [-0.3, -0.25) is 4.79 Å². The Bertz CT molecular complexity index is 1220. The Labute approximate surface area is 177 Å². The summed E-state index contributed by atoms with van der Waals surface area (Å²) >= 11 is 0. The molecule has 1 heterocycles. The predicted molar refractivity (Wildman–Crippen MR) is 113 cm³/mol. The first-order valence-electron chi connectivity index (χ1n) is 9.54. The van der Waals surface area contributed by atoms with Crippen molar-refractivity contribution in [1.29, 1.82) is 0 Å². The minimum absolute atomic E-state index is 0.0585. The molecule has 4 rings (SSSR count). The second-order valence-corrected chi connectivity index (χ2v) is 6.71. The Morgan fingerprint density at radius 2 is 1.74 bits per heavy atom. The lowest BCUT2D eigenvalue weighted by Gasteiger charge is -2.07. The first-order chi connectivity index (χ1) is 15.1. The Morgan fingerprint density at radius 3 is 2.55 bits per heavy atom. The van der Waals surface area contributed by atoms with Crippen molar-refractivity contribution in [3.8, 4) is 11.4 Å². The molecule has 154 valence electrons. The van der Waals surface area contributed by atoms with E-state index in [1.165, 1.54) is 28.9 Å². The van der Waals surface area contributed by atoms with Gasteiger partial charge in [0, 0.05) is 18.3 Å². The van der Waals surface area contributed by atoms with Crippen molar-refractivity contribution >= 4 is 11.9 Å². The van der Waals surface area contributed by atoms with E-state index >= 15 is 0 Å². The average molecular weight is 415 g/mol. The number of nitrogens with one attached hydrogen (secondary N) is 1. The van der Waals surface area contributed by atoms with E-state index in [1.807, 2.05) is 30.3 Å². The van der Waals surface area contributed by atoms with Crippen molar-refractivity contribution in [3.05, 3.63) is 114 Å². The van der Waals surface area contributed by atoms with Gasteiger partial charge in [-0.15, -0.1) is 0 Å². The molecule has 0 atom stereocenters. The van der Waals surface area contributed by atoms with Gasteiger partial charge in [-0.05, 0) is 48.0 Å². The van der Waals surface area contributed by atoms with Gasteiger partial charge in [0.1, 0.15) is 11.6 Å². The number of carbonyl (C=O) groups is 2. The van der Waals surface area contributed by atoms with Crippen LogP contribution in [0.5, 0.6) is 5.75 Å². The van der Waals surface area contributed by atoms with Gasteiger partial charge in [-0.2, -0.15) is 5.10 Å². The number of carbonyl (C=O) groups excluding carboxylic acids is 2. The number of halogens is 1. The van der Waals surface area contributed by atoms with E-state index in [9.17, 15) is 14.0 Å². The molecule has 31 heavy (non-hydrogen) atoms. The second-order valence-electron chi connectivity index (χ2n) is 6.71. The van der Waals surface area contributed by atoms with Gasteiger partial charge in [-0.1, -0.05) is 42.5 Å². The molecule has 0 radical (unpaired) electrons. The zero-order valence-corrected chi connectivity index (χ0v) is 16.4. The maximum Gasteiger partial charge on any atom is 0.364 e. The lowest BCUT2D eigenvalue weighted by atomic mass is 10.2. The summed E-state index contributed by atoms with van der Waals surface area (Å²) in [6.45, 7) is 0.390. The highest BCUT2D eigenvalue weighted by atomic mass is 19.1. The number of nitrogens with zero attached hydrogens (tertiary/aromatic N) is 2. The van der Waals surface area contributed by atoms with Crippen molar-refractivity contribution in [2.75, 3.05) is 0 Å². The van der Waals surface area contributed by atoms with Gasteiger partial charge in [0.25, 0.3) is 5.91 Å². The normalized spacial score (nSPS) is 10.5. The van der Waals surface area contributed by atoms with Crippen molar-refractivity contribution in [2.24, 2.45) is 0 Å². The van der Waals surface area contributed by atoms with Crippen LogP contribution in [0.15, 0.2) is 91.1 Å². The maximum absolute atomic E-state index is 13.4. The van der Waals surface area contributed by atoms with E-state index < -0.39 is 11.8 Å². The zero-order valence-electron chi connectivity index (χ0n) is 16.4. The third kappa shape index (κ3) is 5.02. The molecule has 0 bridgehead atoms. The van der Waals surface area contributed by atoms with E-state index in [2.05, 4.69) is 10.4 Å². The highest BCUT2D eigenvalue weighted by Crippen LogP contribution is 2.16. The lowest BCUT2D eigenvalue weighted by Crippen LogP contribution is -2.22. The van der Waals surface area contributed by atoms with E-state index in [4.69, 9.17) is 4.74 Å². The molecule has 6 nitrogen and oxygen atoms in total. The van der Waals surface area contributed by atoms with E-state index in [0.29, 0.717) is 17.8 Å². The van der Waals surface area contributed by atoms with Gasteiger partial charge in [0.2, 0.25) is 0 Å². The van der Waals surface area contributed by atoms with Crippen LogP contribution in [0.25, 0.3) is 5.69 Å². The highest BCUT2D eigenvalue weighted by molar-refractivity contribution is 5.95. The number of amides is 1. The SMILES string of the molecule is O=C(NCc1ccccc1)c1cccc(OC(=O)c2ccn(-c3cccc(F)c3)n2)c1. The molecule has 0 saturated heterocycles. The van der Waals surface area contributed by atoms with Gasteiger partial charge in [0.05, 0.1) is 5.69 Å². The monoisotopic (exact) mass is 415 g/mol. The van der Waals surface area contributed by atoms with Crippen LogP contribution in [0.4, 0.5) is 4.39 Å². The topological polar surface area (TPSA) is 73.2 Å². The fraction of sp³-hybridized carbons (Fsp3) is 0.0417. The maximum atomic E-state index is 13.4. The van der Waals surface area contributed by atoms with Gasteiger partial charge in [-0.25, -0.2) is 13.9 Å². The summed E-state index contributed by atoms with van der Waals surface area (Å²) in [6, 6.07) is 23.2. The molecule has 1 amide bonds. The van der Waals surface area contributed by atoms with Gasteiger partial charge >= 0.3 is 5.97 Å². The van der Waals surface area contributed by atoms with Crippen LogP contribution < -0.4 is 10.1 Å². The number of ether oxygens (including phenoxy) is 1. The van der Waals surface area contributed by atoms with Crippen LogP contribution in [0.1, 0.15) is 26.4 Å². The van der Waals surface area contributed by atoms with Crippen LogP contribution >= 0.6 is 0 Å². The number of aromatic nitrogens is 2. The summed E-state index contributed by atoms with van der Waals surface area (Å²) < 4.78 is 20.1. The molecule has 0 unspecified atom stereocenters. The molecule has 0 aliphatic rings. The fourth-order valence-electron chi connectivity index (χ4n) is 2.94. The molecule has 0 aliphatic heterocycles. The third-order valence-corrected chi connectivity index (χ3v) is 4.47. The minimum Gasteiger partial charge on any atom is -0.422 e. The van der Waals surface area contributed by atoms with Crippen LogP contribution in [-0.4, -0.2) is 21.7 Å². The summed E-state index contributed by atoms with van der Waals surface area (Å²) in [7, 11) is 0. The Morgan fingerprint density at radius 1 is 0.935 bits per heavy atom. The smallest absolute Gasteiger partial charge is 0.364 e. The van der Waals surface area contributed by atoms with Gasteiger partial charge < -0.3 is 10.1 Å². The molecular weight excluding hydrogens is 397 g/mol. The molecule has 0 saturated carbocycles. The van der Waals surface area contributed by atoms with Crippen LogP contribution in [-0.2, 0) is 6.54 Å². The predicted octanol–water partition coefficient (Wildman–Crippen LogP) is 4.16. The van der Waals surface area contributed by atoms with Crippen LogP contribution in [0, 0.1) is 5.82 Å². The quantitative estimate of drug-likeness (QED) is 0.379. The Balaban J connectivity index is 1.41. The summed E-state index contributed by atoms with van der Waals surface area (Å²) in [5.74, 6) is -1.15. The number of hydrogen-bond donors (Lipinski definition) is 1. The Hall–Kier alpha value is -4.26. The molecule has 1 aromatic heterocycles. The van der Waals surface area contributed by atoms with Crippen molar-refractivity contribution < 1.29 is 18.7 Å². The van der Waals surface area contributed by atoms with Crippen molar-refractivity contribution in [3.63, 3.8) is 0 Å². The third-order valence-electron chi connectivity index (χ3n) is 4.47. The van der Waals surface area contributed by atoms with Crippen molar-refractivity contribution in [1.82, 2.24) is 15.1 Å². The molecule has 0 aliphatic carbocycles. The lowest BCUT2D eigenvalue weighted by molar-refractivity contribution is 0.0726. The summed E-state index contributed by atoms with van der Waals surface area (Å²) in [4.78, 5) is 24.9. The summed E-state index contributed by atoms with van der Waals surface area (Å²) in [6.07, 6.45) is 1.54. The van der Waals surface area contributed by atoms with Gasteiger partial charge in [0.15, 0.2) is 5.69 Å². The van der Waals surface area contributed by atoms with E-state index in [-0.39, 0.29) is 17.4 Å². The summed E-state index contributed by atoms with van der Waals surface area (Å²) in [5, 5.41) is 6.96. The fourth-order valence-corrected chi connectivity index (χ4v) is 2.94. The first kappa shape index (κ1) is 20.0. The largest absolute Gasteiger partial charge is 0.422 e. The molecule has 1 N–H and O–H groups in total. The minimum atomic E-state index is -0.683. The first-order valence-corrected chi connectivity index (χ1v) is 9.54.